The van der Waals surface area contributed by atoms with E-state index in [2.05, 4.69) is 11.9 Å². The summed E-state index contributed by atoms with van der Waals surface area (Å²) in [5.74, 6) is -0.0332. The third kappa shape index (κ3) is 4.98. The van der Waals surface area contributed by atoms with Crippen LogP contribution in [-0.2, 0) is 22.2 Å². The van der Waals surface area contributed by atoms with Gasteiger partial charge in [0.15, 0.2) is 0 Å². The molecule has 2 heterocycles. The number of carbonyl (C=O) groups excluding carboxylic acids is 1. The van der Waals surface area contributed by atoms with Gasteiger partial charge in [-0.1, -0.05) is 43.7 Å². The van der Waals surface area contributed by atoms with Crippen LogP contribution in [0.3, 0.4) is 0 Å². The lowest BCUT2D eigenvalue weighted by Gasteiger charge is -2.33. The normalized spacial score (nSPS) is 15.7. The number of aromatic nitrogens is 1. The Morgan fingerprint density at radius 2 is 1.82 bits per heavy atom. The first-order valence-corrected chi connectivity index (χ1v) is 12.1. The zero-order valence-corrected chi connectivity index (χ0v) is 18.1. The van der Waals surface area contributed by atoms with Crippen molar-refractivity contribution in [3.63, 3.8) is 0 Å². The standard InChI is InChI=1S/C20H27N3O3S2/c1-3-4-10-18-21-16(2)19(27-18)20(24)22-11-13-23(14-12-22)28(25,26)15-17-8-6-5-7-9-17/h5-9H,3-4,10-15H2,1-2H3. The number of hydrogen-bond acceptors (Lipinski definition) is 5. The maximum absolute atomic E-state index is 12.9. The maximum atomic E-state index is 12.9. The molecule has 28 heavy (non-hydrogen) atoms. The minimum absolute atomic E-state index is 0.00344. The number of benzene rings is 1. The van der Waals surface area contributed by atoms with Crippen LogP contribution in [0.5, 0.6) is 0 Å². The summed E-state index contributed by atoms with van der Waals surface area (Å²) in [6, 6.07) is 9.19. The Morgan fingerprint density at radius 3 is 2.46 bits per heavy atom. The summed E-state index contributed by atoms with van der Waals surface area (Å²) in [6.07, 6.45) is 3.07. The minimum Gasteiger partial charge on any atom is -0.335 e. The highest BCUT2D eigenvalue weighted by Crippen LogP contribution is 2.23. The van der Waals surface area contributed by atoms with Gasteiger partial charge in [0.25, 0.3) is 5.91 Å². The number of amides is 1. The molecule has 1 aromatic heterocycles. The highest BCUT2D eigenvalue weighted by Gasteiger charge is 2.30. The molecule has 0 unspecified atom stereocenters. The third-order valence-corrected chi connectivity index (χ3v) is 7.95. The second kappa shape index (κ2) is 9.15. The second-order valence-electron chi connectivity index (χ2n) is 7.06. The fourth-order valence-electron chi connectivity index (χ4n) is 3.27. The number of thiazole rings is 1. The van der Waals surface area contributed by atoms with E-state index in [9.17, 15) is 13.2 Å². The number of unbranched alkanes of at least 4 members (excludes halogenated alkanes) is 1. The van der Waals surface area contributed by atoms with Crippen LogP contribution < -0.4 is 0 Å². The summed E-state index contributed by atoms with van der Waals surface area (Å²) < 4.78 is 26.8. The largest absolute Gasteiger partial charge is 0.335 e. The lowest BCUT2D eigenvalue weighted by molar-refractivity contribution is 0.0701. The van der Waals surface area contributed by atoms with Crippen molar-refractivity contribution < 1.29 is 13.2 Å². The first-order valence-electron chi connectivity index (χ1n) is 9.68. The van der Waals surface area contributed by atoms with Crippen molar-refractivity contribution in [2.75, 3.05) is 26.2 Å². The van der Waals surface area contributed by atoms with Gasteiger partial charge in [0.05, 0.1) is 16.5 Å². The number of nitrogens with zero attached hydrogens (tertiary/aromatic N) is 3. The Balaban J connectivity index is 1.60. The maximum Gasteiger partial charge on any atom is 0.265 e. The molecule has 1 fully saturated rings. The van der Waals surface area contributed by atoms with Gasteiger partial charge >= 0.3 is 0 Å². The zero-order valence-electron chi connectivity index (χ0n) is 16.4. The number of rotatable bonds is 7. The number of hydrogen-bond donors (Lipinski definition) is 0. The van der Waals surface area contributed by atoms with Gasteiger partial charge in [-0.15, -0.1) is 11.3 Å². The van der Waals surface area contributed by atoms with E-state index in [0.29, 0.717) is 31.1 Å². The van der Waals surface area contributed by atoms with E-state index < -0.39 is 10.0 Å². The van der Waals surface area contributed by atoms with Gasteiger partial charge in [-0.2, -0.15) is 4.31 Å². The van der Waals surface area contributed by atoms with Gasteiger partial charge in [-0.05, 0) is 25.3 Å². The highest BCUT2D eigenvalue weighted by molar-refractivity contribution is 7.88. The Morgan fingerprint density at radius 1 is 1.14 bits per heavy atom. The van der Waals surface area contributed by atoms with E-state index in [4.69, 9.17) is 0 Å². The molecule has 1 amide bonds. The molecule has 0 bridgehead atoms. The van der Waals surface area contributed by atoms with Crippen LogP contribution in [0, 0.1) is 6.92 Å². The number of carbonyl (C=O) groups is 1. The van der Waals surface area contributed by atoms with E-state index >= 15 is 0 Å². The Kier molecular flexibility index (Phi) is 6.85. The smallest absolute Gasteiger partial charge is 0.265 e. The van der Waals surface area contributed by atoms with Crippen molar-refractivity contribution in [1.82, 2.24) is 14.2 Å². The van der Waals surface area contributed by atoms with E-state index in [-0.39, 0.29) is 11.7 Å². The molecule has 0 spiro atoms. The van der Waals surface area contributed by atoms with E-state index in [1.54, 1.807) is 4.90 Å². The average molecular weight is 422 g/mol. The quantitative estimate of drug-likeness (QED) is 0.689. The van der Waals surface area contributed by atoms with Crippen LogP contribution in [0.25, 0.3) is 0 Å². The van der Waals surface area contributed by atoms with Gasteiger partial charge < -0.3 is 4.90 Å². The molecular weight excluding hydrogens is 394 g/mol. The summed E-state index contributed by atoms with van der Waals surface area (Å²) in [5.41, 5.74) is 1.56. The fourth-order valence-corrected chi connectivity index (χ4v) is 5.87. The first kappa shape index (κ1) is 21.0. The molecule has 0 atom stereocenters. The lowest BCUT2D eigenvalue weighted by atomic mass is 10.2. The van der Waals surface area contributed by atoms with Crippen molar-refractivity contribution >= 4 is 27.3 Å². The molecule has 1 aromatic carbocycles. The molecule has 8 heteroatoms. The van der Waals surface area contributed by atoms with Gasteiger partial charge in [0.2, 0.25) is 10.0 Å². The summed E-state index contributed by atoms with van der Waals surface area (Å²) in [6.45, 7) is 5.50. The molecule has 2 aromatic rings. The number of sulfonamides is 1. The molecule has 6 nitrogen and oxygen atoms in total. The lowest BCUT2D eigenvalue weighted by Crippen LogP contribution is -2.50. The van der Waals surface area contributed by atoms with Crippen LogP contribution in [0.1, 0.15) is 45.7 Å². The molecule has 3 rings (SSSR count). The molecule has 1 aliphatic rings. The fraction of sp³-hybridized carbons (Fsp3) is 0.500. The highest BCUT2D eigenvalue weighted by atomic mass is 32.2. The average Bonchev–Trinajstić information content (AvgIpc) is 3.07. The van der Waals surface area contributed by atoms with Gasteiger partial charge in [-0.25, -0.2) is 13.4 Å². The second-order valence-corrected chi connectivity index (χ2v) is 10.1. The van der Waals surface area contributed by atoms with Crippen molar-refractivity contribution in [2.24, 2.45) is 0 Å². The van der Waals surface area contributed by atoms with Crippen LogP contribution >= 0.6 is 11.3 Å². The zero-order chi connectivity index (χ0) is 20.1. The summed E-state index contributed by atoms with van der Waals surface area (Å²) >= 11 is 1.48. The predicted octanol–water partition coefficient (Wildman–Crippen LogP) is 3.08. The summed E-state index contributed by atoms with van der Waals surface area (Å²) in [7, 11) is -3.38. The molecule has 0 radical (unpaired) electrons. The molecule has 0 N–H and O–H groups in total. The number of piperazine rings is 1. The molecule has 1 aliphatic heterocycles. The molecule has 0 aliphatic carbocycles. The minimum atomic E-state index is -3.38. The van der Waals surface area contributed by atoms with E-state index in [0.717, 1.165) is 35.5 Å². The number of aryl methyl sites for hydroxylation is 2. The molecule has 0 saturated carbocycles. The van der Waals surface area contributed by atoms with Crippen molar-refractivity contribution in [3.8, 4) is 0 Å². The Bertz CT molecular complexity index is 902. The van der Waals surface area contributed by atoms with Gasteiger partial charge in [0.1, 0.15) is 4.88 Å². The van der Waals surface area contributed by atoms with Crippen molar-refractivity contribution in [1.29, 1.82) is 0 Å². The van der Waals surface area contributed by atoms with Gasteiger partial charge in [-0.3, -0.25) is 4.79 Å². The first-order chi connectivity index (χ1) is 13.4. The van der Waals surface area contributed by atoms with E-state index in [1.165, 1.54) is 15.6 Å². The monoisotopic (exact) mass is 421 g/mol. The SMILES string of the molecule is CCCCc1nc(C)c(C(=O)N2CCN(S(=O)(=O)Cc3ccccc3)CC2)s1. The topological polar surface area (TPSA) is 70.6 Å². The van der Waals surface area contributed by atoms with Crippen molar-refractivity contribution in [2.45, 2.75) is 38.9 Å². The van der Waals surface area contributed by atoms with Crippen LogP contribution in [0.2, 0.25) is 0 Å². The van der Waals surface area contributed by atoms with E-state index in [1.807, 2.05) is 37.3 Å². The van der Waals surface area contributed by atoms with Crippen LogP contribution in [0.4, 0.5) is 0 Å². The molecule has 1 saturated heterocycles. The summed E-state index contributed by atoms with van der Waals surface area (Å²) in [4.78, 5) is 19.8. The van der Waals surface area contributed by atoms with Gasteiger partial charge in [0, 0.05) is 26.2 Å². The molecule has 152 valence electrons. The summed E-state index contributed by atoms with van der Waals surface area (Å²) in [5, 5.41) is 1.01. The molecular formula is C20H27N3O3S2. The predicted molar refractivity (Wildman–Crippen MR) is 112 cm³/mol. The Labute approximate surface area is 171 Å². The van der Waals surface area contributed by atoms with Crippen molar-refractivity contribution in [3.05, 3.63) is 51.5 Å². The Hall–Kier alpha value is -1.77. The van der Waals surface area contributed by atoms with Crippen LogP contribution in [0.15, 0.2) is 30.3 Å². The third-order valence-electron chi connectivity index (χ3n) is 4.89. The van der Waals surface area contributed by atoms with Crippen LogP contribution in [-0.4, -0.2) is 54.7 Å².